The summed E-state index contributed by atoms with van der Waals surface area (Å²) in [6.07, 6.45) is 2.19. The van der Waals surface area contributed by atoms with Crippen molar-refractivity contribution in [2.75, 3.05) is 24.2 Å². The predicted octanol–water partition coefficient (Wildman–Crippen LogP) is 1.31. The third-order valence-electron chi connectivity index (χ3n) is 3.54. The maximum atomic E-state index is 11.1. The summed E-state index contributed by atoms with van der Waals surface area (Å²) in [6, 6.07) is 0. The molecule has 1 fully saturated rings. The molecule has 0 aliphatic heterocycles. The molecular weight excluding hydrogens is 262 g/mol. The molecule has 8 heteroatoms. The Morgan fingerprint density at radius 1 is 1.45 bits per heavy atom. The first-order chi connectivity index (χ1) is 9.51. The van der Waals surface area contributed by atoms with Crippen LogP contribution in [0.5, 0.6) is 0 Å². The first-order valence-electron chi connectivity index (χ1n) is 6.64. The van der Waals surface area contributed by atoms with E-state index >= 15 is 0 Å². The Hall–Kier alpha value is -1.96. The van der Waals surface area contributed by atoms with Gasteiger partial charge in [0.25, 0.3) is 0 Å². The molecule has 3 N–H and O–H groups in total. The van der Waals surface area contributed by atoms with Crippen LogP contribution in [-0.2, 0) is 0 Å². The van der Waals surface area contributed by atoms with Gasteiger partial charge in [-0.25, -0.2) is 4.98 Å². The number of rotatable bonds is 5. The number of aliphatic hydroxyl groups excluding tert-OH is 1. The number of hydrogen-bond acceptors (Lipinski definition) is 7. The number of aliphatic hydroxyl groups is 1. The summed E-state index contributed by atoms with van der Waals surface area (Å²) in [5.74, 6) is 0.896. The van der Waals surface area contributed by atoms with Crippen LogP contribution in [0.4, 0.5) is 17.5 Å². The van der Waals surface area contributed by atoms with E-state index in [0.29, 0.717) is 24.1 Å². The summed E-state index contributed by atoms with van der Waals surface area (Å²) in [7, 11) is 1.66. The van der Waals surface area contributed by atoms with Crippen molar-refractivity contribution in [2.24, 2.45) is 5.92 Å². The maximum absolute atomic E-state index is 11.1. The molecule has 1 aromatic heterocycles. The van der Waals surface area contributed by atoms with E-state index in [1.54, 1.807) is 14.0 Å². The van der Waals surface area contributed by atoms with Crippen LogP contribution in [0.25, 0.3) is 0 Å². The number of nitrogens with zero attached hydrogens (tertiary/aromatic N) is 3. The van der Waals surface area contributed by atoms with Crippen LogP contribution in [0.1, 0.15) is 25.0 Å². The van der Waals surface area contributed by atoms with Crippen LogP contribution in [0.2, 0.25) is 0 Å². The fraction of sp³-hybridized carbons (Fsp3) is 0.667. The van der Waals surface area contributed by atoms with E-state index in [1.807, 2.05) is 0 Å². The zero-order valence-electron chi connectivity index (χ0n) is 11.6. The zero-order chi connectivity index (χ0) is 14.7. The van der Waals surface area contributed by atoms with Gasteiger partial charge in [0.05, 0.1) is 11.0 Å². The first-order valence-corrected chi connectivity index (χ1v) is 6.64. The van der Waals surface area contributed by atoms with Crippen LogP contribution in [0.3, 0.4) is 0 Å². The number of nitrogens with one attached hydrogen (secondary N) is 2. The van der Waals surface area contributed by atoms with Gasteiger partial charge in [0.15, 0.2) is 0 Å². The number of aryl methyl sites for hydroxylation is 1. The molecule has 0 spiro atoms. The van der Waals surface area contributed by atoms with Gasteiger partial charge in [-0.2, -0.15) is 4.98 Å². The molecule has 0 bridgehead atoms. The average molecular weight is 281 g/mol. The minimum absolute atomic E-state index is 0.0949. The zero-order valence-corrected chi connectivity index (χ0v) is 11.6. The Morgan fingerprint density at radius 3 is 2.75 bits per heavy atom. The van der Waals surface area contributed by atoms with Gasteiger partial charge < -0.3 is 15.7 Å². The average Bonchev–Trinajstić information content (AvgIpc) is 2.81. The molecule has 1 saturated carbocycles. The third-order valence-corrected chi connectivity index (χ3v) is 3.54. The largest absolute Gasteiger partial charge is 0.393 e. The van der Waals surface area contributed by atoms with Gasteiger partial charge in [-0.15, -0.1) is 0 Å². The standard InChI is InChI=1S/C12H19N5O3/c1-7-10(17(19)20)11(16-12(13-2)15-7)14-6-8-3-4-9(18)5-8/h8-9,18H,3-6H2,1-2H3,(H2,13,14,15,16). The fourth-order valence-corrected chi connectivity index (χ4v) is 2.50. The molecule has 0 saturated heterocycles. The minimum atomic E-state index is -0.472. The van der Waals surface area contributed by atoms with Crippen molar-refractivity contribution in [3.05, 3.63) is 15.8 Å². The molecule has 1 aliphatic rings. The molecule has 1 aliphatic carbocycles. The van der Waals surface area contributed by atoms with Crippen molar-refractivity contribution in [2.45, 2.75) is 32.3 Å². The lowest BCUT2D eigenvalue weighted by molar-refractivity contribution is -0.385. The van der Waals surface area contributed by atoms with Gasteiger partial charge in [0.2, 0.25) is 11.8 Å². The van der Waals surface area contributed by atoms with Crippen molar-refractivity contribution < 1.29 is 10.0 Å². The van der Waals surface area contributed by atoms with E-state index in [1.165, 1.54) is 0 Å². The van der Waals surface area contributed by atoms with Crippen LogP contribution in [-0.4, -0.2) is 39.7 Å². The van der Waals surface area contributed by atoms with Gasteiger partial charge in [-0.05, 0) is 32.1 Å². The topological polar surface area (TPSA) is 113 Å². The highest BCUT2D eigenvalue weighted by atomic mass is 16.6. The lowest BCUT2D eigenvalue weighted by Crippen LogP contribution is -2.16. The molecule has 2 unspecified atom stereocenters. The van der Waals surface area contributed by atoms with Crippen LogP contribution < -0.4 is 10.6 Å². The Kier molecular flexibility index (Phi) is 4.33. The second-order valence-corrected chi connectivity index (χ2v) is 5.05. The monoisotopic (exact) mass is 281 g/mol. The van der Waals surface area contributed by atoms with Crippen molar-refractivity contribution >= 4 is 17.5 Å². The molecule has 1 heterocycles. The molecule has 1 aromatic rings. The molecule has 0 radical (unpaired) electrons. The smallest absolute Gasteiger partial charge is 0.332 e. The van der Waals surface area contributed by atoms with Crippen molar-refractivity contribution in [3.63, 3.8) is 0 Å². The quantitative estimate of drug-likeness (QED) is 0.550. The Bertz CT molecular complexity index is 508. The lowest BCUT2D eigenvalue weighted by atomic mass is 10.1. The summed E-state index contributed by atoms with van der Waals surface area (Å²) in [4.78, 5) is 18.8. The molecule has 2 rings (SSSR count). The van der Waals surface area contributed by atoms with Gasteiger partial charge in [0.1, 0.15) is 5.69 Å². The number of anilines is 2. The van der Waals surface area contributed by atoms with Gasteiger partial charge in [-0.1, -0.05) is 0 Å². The second-order valence-electron chi connectivity index (χ2n) is 5.05. The summed E-state index contributed by atoms with van der Waals surface area (Å²) < 4.78 is 0. The third kappa shape index (κ3) is 3.13. The molecule has 2 atom stereocenters. The fourth-order valence-electron chi connectivity index (χ4n) is 2.50. The van der Waals surface area contributed by atoms with Gasteiger partial charge in [0, 0.05) is 13.6 Å². The van der Waals surface area contributed by atoms with E-state index in [-0.39, 0.29) is 17.6 Å². The van der Waals surface area contributed by atoms with E-state index in [0.717, 1.165) is 19.3 Å². The highest BCUT2D eigenvalue weighted by Crippen LogP contribution is 2.29. The summed E-state index contributed by atoms with van der Waals surface area (Å²) in [5.41, 5.74) is 0.228. The highest BCUT2D eigenvalue weighted by Gasteiger charge is 2.25. The Labute approximate surface area is 116 Å². The lowest BCUT2D eigenvalue weighted by Gasteiger charge is -2.13. The van der Waals surface area contributed by atoms with E-state index in [4.69, 9.17) is 0 Å². The highest BCUT2D eigenvalue weighted by molar-refractivity contribution is 5.60. The van der Waals surface area contributed by atoms with E-state index < -0.39 is 4.92 Å². The van der Waals surface area contributed by atoms with Crippen LogP contribution in [0, 0.1) is 23.0 Å². The molecule has 0 amide bonds. The van der Waals surface area contributed by atoms with Crippen molar-refractivity contribution in [1.29, 1.82) is 0 Å². The summed E-state index contributed by atoms with van der Waals surface area (Å²) in [6.45, 7) is 2.16. The Morgan fingerprint density at radius 2 is 2.20 bits per heavy atom. The summed E-state index contributed by atoms with van der Waals surface area (Å²) in [5, 5.41) is 26.4. The molecular formula is C12H19N5O3. The maximum Gasteiger partial charge on any atom is 0.332 e. The van der Waals surface area contributed by atoms with E-state index in [9.17, 15) is 15.2 Å². The first kappa shape index (κ1) is 14.4. The number of nitro groups is 1. The predicted molar refractivity (Wildman–Crippen MR) is 74.8 cm³/mol. The SMILES string of the molecule is CNc1nc(C)c([N+](=O)[O-])c(NCC2CCC(O)C2)n1. The molecule has 0 aromatic carbocycles. The normalized spacial score (nSPS) is 21.8. The molecule has 110 valence electrons. The molecule has 20 heavy (non-hydrogen) atoms. The number of hydrogen-bond donors (Lipinski definition) is 3. The van der Waals surface area contributed by atoms with Crippen LogP contribution >= 0.6 is 0 Å². The molecule has 8 nitrogen and oxygen atoms in total. The van der Waals surface area contributed by atoms with E-state index in [2.05, 4.69) is 20.6 Å². The minimum Gasteiger partial charge on any atom is -0.393 e. The number of aromatic nitrogens is 2. The van der Waals surface area contributed by atoms with Gasteiger partial charge >= 0.3 is 5.69 Å². The summed E-state index contributed by atoms with van der Waals surface area (Å²) >= 11 is 0. The van der Waals surface area contributed by atoms with Gasteiger partial charge in [-0.3, -0.25) is 10.1 Å². The van der Waals surface area contributed by atoms with Crippen molar-refractivity contribution in [1.82, 2.24) is 9.97 Å². The van der Waals surface area contributed by atoms with Crippen LogP contribution in [0.15, 0.2) is 0 Å². The van der Waals surface area contributed by atoms with Crippen molar-refractivity contribution in [3.8, 4) is 0 Å². The second kappa shape index (κ2) is 6.00. The Balaban J connectivity index is 2.16.